The van der Waals surface area contributed by atoms with Crippen LogP contribution >= 0.6 is 0 Å². The molecule has 0 aromatic rings. The molecule has 0 N–H and O–H groups in total. The summed E-state index contributed by atoms with van der Waals surface area (Å²) >= 11 is 0. The van der Waals surface area contributed by atoms with Crippen LogP contribution in [0.15, 0.2) is 12.3 Å². The normalized spacial score (nSPS) is 12.8. The molecule has 0 amide bonds. The summed E-state index contributed by atoms with van der Waals surface area (Å²) in [6.45, 7) is 9.73. The second kappa shape index (κ2) is 4.16. The molecular weight excluding hydrogens is 138 g/mol. The SMILES string of the molecule is C=C(C)N(C)[C@H](C=O)C(C)C. The lowest BCUT2D eigenvalue weighted by molar-refractivity contribution is -0.112. The molecule has 0 fully saturated rings. The molecule has 0 aromatic carbocycles. The van der Waals surface area contributed by atoms with Gasteiger partial charge in [-0.15, -0.1) is 0 Å². The van der Waals surface area contributed by atoms with Gasteiger partial charge in [0.15, 0.2) is 0 Å². The van der Waals surface area contributed by atoms with E-state index < -0.39 is 0 Å². The number of allylic oxidation sites excluding steroid dienone is 1. The van der Waals surface area contributed by atoms with Gasteiger partial charge in [0.05, 0.1) is 6.04 Å². The molecule has 0 saturated heterocycles. The Morgan fingerprint density at radius 1 is 1.55 bits per heavy atom. The van der Waals surface area contributed by atoms with Gasteiger partial charge in [0.25, 0.3) is 0 Å². The average molecular weight is 155 g/mol. The fourth-order valence-corrected chi connectivity index (χ4v) is 0.950. The minimum absolute atomic E-state index is 0.0347. The zero-order chi connectivity index (χ0) is 9.02. The standard InChI is InChI=1S/C9H17NO/c1-7(2)9(6-11)10(5)8(3)4/h6-7,9H,3H2,1-2,4-5H3/t9-/m1/s1. The molecule has 2 heteroatoms. The van der Waals surface area contributed by atoms with Crippen molar-refractivity contribution in [3.63, 3.8) is 0 Å². The molecule has 0 aromatic heterocycles. The Kier molecular flexibility index (Phi) is 3.86. The van der Waals surface area contributed by atoms with Crippen LogP contribution in [-0.4, -0.2) is 24.3 Å². The van der Waals surface area contributed by atoms with Crippen molar-refractivity contribution >= 4 is 6.29 Å². The van der Waals surface area contributed by atoms with Crippen molar-refractivity contribution in [3.05, 3.63) is 12.3 Å². The minimum atomic E-state index is -0.0347. The van der Waals surface area contributed by atoms with Gasteiger partial charge in [-0.1, -0.05) is 20.4 Å². The summed E-state index contributed by atoms with van der Waals surface area (Å²) < 4.78 is 0. The molecule has 0 heterocycles. The van der Waals surface area contributed by atoms with E-state index in [1.807, 2.05) is 32.7 Å². The van der Waals surface area contributed by atoms with Crippen molar-refractivity contribution in [2.75, 3.05) is 7.05 Å². The third-order valence-corrected chi connectivity index (χ3v) is 1.87. The Morgan fingerprint density at radius 2 is 2.00 bits per heavy atom. The molecule has 0 unspecified atom stereocenters. The van der Waals surface area contributed by atoms with Crippen molar-refractivity contribution in [1.29, 1.82) is 0 Å². The van der Waals surface area contributed by atoms with Crippen molar-refractivity contribution in [3.8, 4) is 0 Å². The summed E-state index contributed by atoms with van der Waals surface area (Å²) in [5.74, 6) is 0.342. The number of carbonyl (C=O) groups excluding carboxylic acids is 1. The van der Waals surface area contributed by atoms with Crippen molar-refractivity contribution in [2.45, 2.75) is 26.8 Å². The highest BCUT2D eigenvalue weighted by Crippen LogP contribution is 2.10. The lowest BCUT2D eigenvalue weighted by Gasteiger charge is -2.28. The highest BCUT2D eigenvalue weighted by atomic mass is 16.1. The number of likely N-dealkylation sites (N-methyl/N-ethyl adjacent to an activating group) is 1. The van der Waals surface area contributed by atoms with E-state index in [9.17, 15) is 4.79 Å². The summed E-state index contributed by atoms with van der Waals surface area (Å²) in [6, 6.07) is -0.0347. The molecule has 0 aliphatic rings. The third kappa shape index (κ3) is 2.74. The first kappa shape index (κ1) is 10.2. The fourth-order valence-electron chi connectivity index (χ4n) is 0.950. The van der Waals surface area contributed by atoms with Gasteiger partial charge >= 0.3 is 0 Å². The van der Waals surface area contributed by atoms with E-state index in [-0.39, 0.29) is 6.04 Å². The summed E-state index contributed by atoms with van der Waals surface area (Å²) in [5, 5.41) is 0. The van der Waals surface area contributed by atoms with Crippen molar-refractivity contribution in [1.82, 2.24) is 4.90 Å². The van der Waals surface area contributed by atoms with Gasteiger partial charge in [0.2, 0.25) is 0 Å². The Balaban J connectivity index is 4.25. The van der Waals surface area contributed by atoms with Gasteiger partial charge in [-0.2, -0.15) is 0 Å². The molecule has 0 spiro atoms. The highest BCUT2D eigenvalue weighted by Gasteiger charge is 2.16. The maximum Gasteiger partial charge on any atom is 0.142 e. The number of nitrogens with zero attached hydrogens (tertiary/aromatic N) is 1. The van der Waals surface area contributed by atoms with Gasteiger partial charge in [0.1, 0.15) is 6.29 Å². The fraction of sp³-hybridized carbons (Fsp3) is 0.667. The number of rotatable bonds is 4. The molecule has 0 aliphatic heterocycles. The number of carbonyl (C=O) groups is 1. The molecule has 0 rings (SSSR count). The van der Waals surface area contributed by atoms with Crippen LogP contribution in [0.1, 0.15) is 20.8 Å². The topological polar surface area (TPSA) is 20.3 Å². The van der Waals surface area contributed by atoms with Gasteiger partial charge in [-0.3, -0.25) is 0 Å². The Labute approximate surface area is 68.9 Å². The van der Waals surface area contributed by atoms with E-state index in [0.717, 1.165) is 12.0 Å². The van der Waals surface area contributed by atoms with Crippen LogP contribution in [-0.2, 0) is 4.79 Å². The van der Waals surface area contributed by atoms with Gasteiger partial charge in [-0.25, -0.2) is 0 Å². The molecule has 2 nitrogen and oxygen atoms in total. The number of aldehydes is 1. The van der Waals surface area contributed by atoms with E-state index in [0.29, 0.717) is 5.92 Å². The highest BCUT2D eigenvalue weighted by molar-refractivity contribution is 5.58. The second-order valence-electron chi connectivity index (χ2n) is 3.22. The van der Waals surface area contributed by atoms with E-state index in [1.54, 1.807) is 0 Å². The lowest BCUT2D eigenvalue weighted by Crippen LogP contribution is -2.35. The Bertz CT molecular complexity index is 152. The summed E-state index contributed by atoms with van der Waals surface area (Å²) in [6.07, 6.45) is 0.972. The maximum atomic E-state index is 10.6. The minimum Gasteiger partial charge on any atom is -0.369 e. The molecule has 0 aliphatic carbocycles. The predicted molar refractivity (Wildman–Crippen MR) is 47.3 cm³/mol. The van der Waals surface area contributed by atoms with Crippen molar-refractivity contribution in [2.24, 2.45) is 5.92 Å². The second-order valence-corrected chi connectivity index (χ2v) is 3.22. The average Bonchev–Trinajstić information content (AvgIpc) is 1.88. The smallest absolute Gasteiger partial charge is 0.142 e. The summed E-state index contributed by atoms with van der Waals surface area (Å²) in [5.41, 5.74) is 0.927. The Hall–Kier alpha value is -0.790. The third-order valence-electron chi connectivity index (χ3n) is 1.87. The van der Waals surface area contributed by atoms with Crippen LogP contribution in [0.3, 0.4) is 0 Å². The molecule has 0 saturated carbocycles. The summed E-state index contributed by atoms with van der Waals surface area (Å²) in [4.78, 5) is 12.5. The number of hydrogen-bond acceptors (Lipinski definition) is 2. The first-order valence-electron chi connectivity index (χ1n) is 3.84. The largest absolute Gasteiger partial charge is 0.369 e. The molecule has 0 radical (unpaired) electrons. The Morgan fingerprint density at radius 3 is 2.09 bits per heavy atom. The lowest BCUT2D eigenvalue weighted by atomic mass is 10.0. The number of hydrogen-bond donors (Lipinski definition) is 0. The summed E-state index contributed by atoms with van der Waals surface area (Å²) in [7, 11) is 1.89. The zero-order valence-corrected chi connectivity index (χ0v) is 7.79. The van der Waals surface area contributed by atoms with Gasteiger partial charge in [-0.05, 0) is 12.8 Å². The van der Waals surface area contributed by atoms with Crippen LogP contribution in [0, 0.1) is 5.92 Å². The van der Waals surface area contributed by atoms with Crippen LogP contribution in [0.2, 0.25) is 0 Å². The first-order chi connectivity index (χ1) is 5.00. The van der Waals surface area contributed by atoms with Crippen LogP contribution in [0.25, 0.3) is 0 Å². The molecule has 0 bridgehead atoms. The molecule has 11 heavy (non-hydrogen) atoms. The first-order valence-corrected chi connectivity index (χ1v) is 3.84. The van der Waals surface area contributed by atoms with Crippen LogP contribution in [0.4, 0.5) is 0 Å². The van der Waals surface area contributed by atoms with Gasteiger partial charge in [0, 0.05) is 12.7 Å². The van der Waals surface area contributed by atoms with E-state index in [1.165, 1.54) is 0 Å². The molecule has 64 valence electrons. The van der Waals surface area contributed by atoms with Crippen molar-refractivity contribution < 1.29 is 4.79 Å². The maximum absolute atomic E-state index is 10.6. The monoisotopic (exact) mass is 155 g/mol. The predicted octanol–water partition coefficient (Wildman–Crippen LogP) is 1.68. The molecular formula is C9H17NO. The quantitative estimate of drug-likeness (QED) is 0.576. The van der Waals surface area contributed by atoms with Crippen LogP contribution in [0.5, 0.6) is 0 Å². The van der Waals surface area contributed by atoms with E-state index in [4.69, 9.17) is 0 Å². The van der Waals surface area contributed by atoms with E-state index in [2.05, 4.69) is 6.58 Å². The molecule has 1 atom stereocenters. The van der Waals surface area contributed by atoms with E-state index >= 15 is 0 Å². The zero-order valence-electron chi connectivity index (χ0n) is 7.79. The van der Waals surface area contributed by atoms with Crippen LogP contribution < -0.4 is 0 Å². The van der Waals surface area contributed by atoms with Gasteiger partial charge < -0.3 is 9.69 Å².